The third-order valence-corrected chi connectivity index (χ3v) is 4.69. The number of rotatable bonds is 5. The number of halogens is 3. The molecule has 3 rings (SSSR count). The molecule has 0 bridgehead atoms. The number of aromatic nitrogens is 1. The van der Waals surface area contributed by atoms with Gasteiger partial charge in [0.05, 0.1) is 17.8 Å². The van der Waals surface area contributed by atoms with Crippen LogP contribution in [0.4, 0.5) is 13.9 Å². The van der Waals surface area contributed by atoms with Crippen molar-refractivity contribution >= 4 is 34.8 Å². The molecular formula is C16H18ClF2N3O3S. The number of aliphatic hydroxyl groups is 1. The predicted molar refractivity (Wildman–Crippen MR) is 97.2 cm³/mol. The number of carbonyl (C=O) groups excluding carboxylic acids is 1. The summed E-state index contributed by atoms with van der Waals surface area (Å²) >= 11 is 1.33. The van der Waals surface area contributed by atoms with Crippen molar-refractivity contribution in [1.82, 2.24) is 10.3 Å². The summed E-state index contributed by atoms with van der Waals surface area (Å²) in [6.45, 7) is -0.603. The van der Waals surface area contributed by atoms with Crippen molar-refractivity contribution in [2.75, 3.05) is 11.9 Å². The molecule has 1 amide bonds. The number of β-amino-alcohol motifs (C(OH)–C–C–N with tert-alkyl or cyclic N) is 1. The Morgan fingerprint density at radius 3 is 2.69 bits per heavy atom. The number of amides is 1. The van der Waals surface area contributed by atoms with E-state index in [-0.39, 0.29) is 24.1 Å². The van der Waals surface area contributed by atoms with Gasteiger partial charge in [-0.05, 0) is 37.6 Å². The van der Waals surface area contributed by atoms with Crippen LogP contribution in [0.15, 0.2) is 24.3 Å². The van der Waals surface area contributed by atoms with Crippen molar-refractivity contribution in [3.8, 4) is 17.0 Å². The number of carbonyl (C=O) groups is 1. The van der Waals surface area contributed by atoms with Gasteiger partial charge in [-0.25, -0.2) is 4.98 Å². The number of nitrogens with zero attached hydrogens (tertiary/aromatic N) is 1. The van der Waals surface area contributed by atoms with Crippen LogP contribution in [0.1, 0.15) is 11.3 Å². The third-order valence-electron chi connectivity index (χ3n) is 3.80. The van der Waals surface area contributed by atoms with E-state index in [4.69, 9.17) is 0 Å². The van der Waals surface area contributed by atoms with E-state index in [2.05, 4.69) is 20.4 Å². The van der Waals surface area contributed by atoms with Crippen LogP contribution in [0.3, 0.4) is 0 Å². The number of thiazole rings is 1. The van der Waals surface area contributed by atoms with Crippen LogP contribution in [-0.4, -0.2) is 41.3 Å². The highest BCUT2D eigenvalue weighted by molar-refractivity contribution is 7.16. The quantitative estimate of drug-likeness (QED) is 0.712. The topological polar surface area (TPSA) is 83.5 Å². The van der Waals surface area contributed by atoms with Crippen LogP contribution in [0.25, 0.3) is 11.3 Å². The standard InChI is InChI=1S/C16H17F2N3O3S.ClH/c1-8-13(9-2-4-11(5-3-9)24-15(17)18)20-16(25-8)21-14(23)12-6-10(22)7-19-12;/h2-5,10,12,15,19,22H,6-7H2,1H3,(H,20,21,23);1H. The lowest BCUT2D eigenvalue weighted by atomic mass is 10.1. The van der Waals surface area contributed by atoms with E-state index in [0.29, 0.717) is 23.8 Å². The molecule has 1 aliphatic rings. The highest BCUT2D eigenvalue weighted by Gasteiger charge is 2.28. The highest BCUT2D eigenvalue weighted by atomic mass is 35.5. The van der Waals surface area contributed by atoms with Crippen molar-refractivity contribution in [3.63, 3.8) is 0 Å². The second-order valence-corrected chi connectivity index (χ2v) is 6.87. The van der Waals surface area contributed by atoms with Gasteiger partial charge in [-0.15, -0.1) is 23.7 Å². The van der Waals surface area contributed by atoms with E-state index in [0.717, 1.165) is 10.4 Å². The largest absolute Gasteiger partial charge is 0.435 e. The molecule has 2 atom stereocenters. The minimum Gasteiger partial charge on any atom is -0.435 e. The van der Waals surface area contributed by atoms with E-state index >= 15 is 0 Å². The lowest BCUT2D eigenvalue weighted by Crippen LogP contribution is -2.35. The summed E-state index contributed by atoms with van der Waals surface area (Å²) < 4.78 is 28.7. The molecule has 2 heterocycles. The molecule has 1 aromatic heterocycles. The summed E-state index contributed by atoms with van der Waals surface area (Å²) in [7, 11) is 0. The molecule has 3 N–H and O–H groups in total. The maximum Gasteiger partial charge on any atom is 0.387 e. The molecule has 2 aromatic rings. The van der Waals surface area contributed by atoms with Crippen molar-refractivity contribution in [1.29, 1.82) is 0 Å². The fraction of sp³-hybridized carbons (Fsp3) is 0.375. The van der Waals surface area contributed by atoms with Gasteiger partial charge in [0.1, 0.15) is 5.75 Å². The lowest BCUT2D eigenvalue weighted by molar-refractivity contribution is -0.117. The van der Waals surface area contributed by atoms with Crippen LogP contribution in [0, 0.1) is 6.92 Å². The number of anilines is 1. The number of aryl methyl sites for hydroxylation is 1. The monoisotopic (exact) mass is 405 g/mol. The Labute approximate surface area is 159 Å². The molecule has 1 saturated heterocycles. The van der Waals surface area contributed by atoms with Gasteiger partial charge >= 0.3 is 6.61 Å². The fourth-order valence-corrected chi connectivity index (χ4v) is 3.46. The number of alkyl halides is 2. The van der Waals surface area contributed by atoms with Crippen molar-refractivity contribution < 1.29 is 23.4 Å². The van der Waals surface area contributed by atoms with E-state index < -0.39 is 18.8 Å². The minimum atomic E-state index is -2.86. The number of hydrogen-bond acceptors (Lipinski definition) is 6. The SMILES string of the molecule is Cc1sc(NC(=O)C2CC(O)CN2)nc1-c1ccc(OC(F)F)cc1.Cl. The number of benzene rings is 1. The van der Waals surface area contributed by atoms with Crippen LogP contribution >= 0.6 is 23.7 Å². The highest BCUT2D eigenvalue weighted by Crippen LogP contribution is 2.31. The molecule has 1 fully saturated rings. The Morgan fingerprint density at radius 1 is 1.42 bits per heavy atom. The average molecular weight is 406 g/mol. The summed E-state index contributed by atoms with van der Waals surface area (Å²) in [5, 5.41) is 15.6. The van der Waals surface area contributed by atoms with Gasteiger partial charge in [0.25, 0.3) is 0 Å². The van der Waals surface area contributed by atoms with E-state index in [1.54, 1.807) is 12.1 Å². The van der Waals surface area contributed by atoms with E-state index in [9.17, 15) is 18.7 Å². The van der Waals surface area contributed by atoms with Gasteiger partial charge in [0.15, 0.2) is 5.13 Å². The molecule has 0 saturated carbocycles. The van der Waals surface area contributed by atoms with Gasteiger partial charge in [0.2, 0.25) is 5.91 Å². The fourth-order valence-electron chi connectivity index (χ4n) is 2.62. The van der Waals surface area contributed by atoms with Gasteiger partial charge in [-0.1, -0.05) is 0 Å². The molecule has 0 aliphatic carbocycles. The summed E-state index contributed by atoms with van der Waals surface area (Å²) in [5.41, 5.74) is 1.41. The summed E-state index contributed by atoms with van der Waals surface area (Å²) in [4.78, 5) is 17.5. The Balaban J connectivity index is 0.00000243. The minimum absolute atomic E-state index is 0. The first-order chi connectivity index (χ1) is 11.9. The third kappa shape index (κ3) is 4.88. The van der Waals surface area contributed by atoms with Crippen LogP contribution < -0.4 is 15.4 Å². The van der Waals surface area contributed by atoms with Gasteiger partial charge in [-0.3, -0.25) is 4.79 Å². The first-order valence-electron chi connectivity index (χ1n) is 7.67. The maximum absolute atomic E-state index is 12.2. The van der Waals surface area contributed by atoms with E-state index in [1.807, 2.05) is 6.92 Å². The number of aliphatic hydroxyl groups excluding tert-OH is 1. The molecular weight excluding hydrogens is 388 g/mol. The summed E-state index contributed by atoms with van der Waals surface area (Å²) in [6.07, 6.45) is -0.146. The van der Waals surface area contributed by atoms with Crippen LogP contribution in [0.5, 0.6) is 5.75 Å². The maximum atomic E-state index is 12.2. The van der Waals surface area contributed by atoms with E-state index in [1.165, 1.54) is 23.5 Å². The zero-order valence-electron chi connectivity index (χ0n) is 13.7. The van der Waals surface area contributed by atoms with Crippen LogP contribution in [0.2, 0.25) is 0 Å². The van der Waals surface area contributed by atoms with Crippen molar-refractivity contribution in [2.45, 2.75) is 32.1 Å². The first kappa shape index (κ1) is 20.5. The molecule has 2 unspecified atom stereocenters. The molecule has 142 valence electrons. The molecule has 1 aromatic carbocycles. The second kappa shape index (κ2) is 8.72. The number of ether oxygens (including phenoxy) is 1. The Morgan fingerprint density at radius 2 is 2.12 bits per heavy atom. The lowest BCUT2D eigenvalue weighted by Gasteiger charge is -2.08. The Hall–Kier alpha value is -1.81. The molecule has 6 nitrogen and oxygen atoms in total. The zero-order valence-corrected chi connectivity index (χ0v) is 15.4. The normalized spacial score (nSPS) is 19.3. The predicted octanol–water partition coefficient (Wildman–Crippen LogP) is 2.80. The molecule has 26 heavy (non-hydrogen) atoms. The molecule has 10 heteroatoms. The molecule has 0 spiro atoms. The van der Waals surface area contributed by atoms with Crippen LogP contribution in [-0.2, 0) is 4.79 Å². The number of nitrogens with one attached hydrogen (secondary N) is 2. The van der Waals surface area contributed by atoms with Gasteiger partial charge < -0.3 is 20.5 Å². The van der Waals surface area contributed by atoms with Crippen molar-refractivity contribution in [2.24, 2.45) is 0 Å². The first-order valence-corrected chi connectivity index (χ1v) is 8.49. The van der Waals surface area contributed by atoms with Gasteiger partial charge in [-0.2, -0.15) is 8.78 Å². The average Bonchev–Trinajstić information content (AvgIpc) is 3.13. The number of hydrogen-bond donors (Lipinski definition) is 3. The Bertz CT molecular complexity index is 758. The summed E-state index contributed by atoms with van der Waals surface area (Å²) in [6, 6.07) is 5.74. The van der Waals surface area contributed by atoms with Gasteiger partial charge in [0, 0.05) is 17.0 Å². The Kier molecular flexibility index (Phi) is 6.87. The second-order valence-electron chi connectivity index (χ2n) is 5.67. The molecule has 0 radical (unpaired) electrons. The smallest absolute Gasteiger partial charge is 0.387 e. The zero-order chi connectivity index (χ0) is 18.0. The molecule has 1 aliphatic heterocycles. The van der Waals surface area contributed by atoms with Crippen molar-refractivity contribution in [3.05, 3.63) is 29.1 Å². The summed E-state index contributed by atoms with van der Waals surface area (Å²) in [5.74, 6) is -0.163.